The molecule has 0 unspecified atom stereocenters. The third kappa shape index (κ3) is 7.37. The summed E-state index contributed by atoms with van der Waals surface area (Å²) >= 11 is 0. The first-order valence-corrected chi connectivity index (χ1v) is 4.23. The van der Waals surface area contributed by atoms with Gasteiger partial charge in [0, 0.05) is 19.3 Å². The largest absolute Gasteiger partial charge is 0.300 e. The second-order valence-electron chi connectivity index (χ2n) is 3.39. The van der Waals surface area contributed by atoms with Crippen LogP contribution in [0.2, 0.25) is 0 Å². The fourth-order valence-corrected chi connectivity index (χ4v) is 1.24. The molecule has 3 nitrogen and oxygen atoms in total. The Morgan fingerprint density at radius 1 is 0.692 bits per heavy atom. The predicted octanol–water partition coefficient (Wildman–Crippen LogP) is 1.50. The molecule has 0 heterocycles. The number of hydrogen-bond acceptors (Lipinski definition) is 3. The van der Waals surface area contributed by atoms with Crippen molar-refractivity contribution in [3.63, 3.8) is 0 Å². The van der Waals surface area contributed by atoms with E-state index in [9.17, 15) is 14.4 Å². The van der Waals surface area contributed by atoms with Gasteiger partial charge in [-0.1, -0.05) is 0 Å². The Labute approximate surface area is 78.5 Å². The van der Waals surface area contributed by atoms with Gasteiger partial charge in [0.15, 0.2) is 0 Å². The first-order chi connectivity index (χ1) is 5.91. The highest BCUT2D eigenvalue weighted by Crippen LogP contribution is 2.17. The van der Waals surface area contributed by atoms with E-state index in [2.05, 4.69) is 0 Å². The van der Waals surface area contributed by atoms with Crippen molar-refractivity contribution in [2.24, 2.45) is 0 Å². The maximum atomic E-state index is 10.8. The summed E-state index contributed by atoms with van der Waals surface area (Å²) < 4.78 is 0. The summed E-state index contributed by atoms with van der Waals surface area (Å²) in [5, 5.41) is 0. The van der Waals surface area contributed by atoms with Gasteiger partial charge >= 0.3 is 0 Å². The van der Waals surface area contributed by atoms with Gasteiger partial charge in [-0.25, -0.2) is 0 Å². The van der Waals surface area contributed by atoms with Crippen LogP contribution in [0.1, 0.15) is 40.0 Å². The van der Waals surface area contributed by atoms with Crippen LogP contribution in [0.5, 0.6) is 0 Å². The maximum Gasteiger partial charge on any atom is 0.130 e. The number of rotatable bonds is 6. The molecule has 13 heavy (non-hydrogen) atoms. The fraction of sp³-hybridized carbons (Fsp3) is 0.600. The maximum absolute atomic E-state index is 10.8. The third-order valence-corrected chi connectivity index (χ3v) is 1.50. The molecule has 0 aromatic heterocycles. The van der Waals surface area contributed by atoms with Crippen molar-refractivity contribution in [1.82, 2.24) is 0 Å². The molecule has 0 aromatic carbocycles. The van der Waals surface area contributed by atoms with E-state index < -0.39 is 0 Å². The monoisotopic (exact) mass is 183 g/mol. The summed E-state index contributed by atoms with van der Waals surface area (Å²) in [4.78, 5) is 32.3. The van der Waals surface area contributed by atoms with Gasteiger partial charge in [-0.05, 0) is 26.7 Å². The normalized spacial score (nSPS) is 10.2. The Morgan fingerprint density at radius 3 is 1.08 bits per heavy atom. The average Bonchev–Trinajstić information content (AvgIpc) is 1.80. The minimum Gasteiger partial charge on any atom is -0.300 e. The molecule has 0 atom stereocenters. The van der Waals surface area contributed by atoms with Crippen LogP contribution in [0.3, 0.4) is 0 Å². The van der Waals surface area contributed by atoms with Crippen LogP contribution in [0.15, 0.2) is 0 Å². The Kier molecular flexibility index (Phi) is 5.19. The molecule has 0 aliphatic rings. The van der Waals surface area contributed by atoms with Crippen molar-refractivity contribution in [2.75, 3.05) is 0 Å². The van der Waals surface area contributed by atoms with Crippen molar-refractivity contribution in [3.05, 3.63) is 5.92 Å². The lowest BCUT2D eigenvalue weighted by atomic mass is 9.92. The zero-order valence-corrected chi connectivity index (χ0v) is 8.35. The molecule has 0 amide bonds. The summed E-state index contributed by atoms with van der Waals surface area (Å²) in [5.41, 5.74) is 0. The van der Waals surface area contributed by atoms with Crippen molar-refractivity contribution >= 4 is 17.3 Å². The van der Waals surface area contributed by atoms with Crippen molar-refractivity contribution in [3.8, 4) is 0 Å². The van der Waals surface area contributed by atoms with Crippen molar-refractivity contribution in [1.29, 1.82) is 0 Å². The standard InChI is InChI=1S/C10H15O3/c1-7(11)4-10(5-8(2)12)6-9(3)13/h4-6H2,1-3H3. The van der Waals surface area contributed by atoms with Gasteiger partial charge in [0.25, 0.3) is 0 Å². The highest BCUT2D eigenvalue weighted by atomic mass is 16.1. The minimum atomic E-state index is -0.00231. The molecule has 73 valence electrons. The molecule has 0 aliphatic heterocycles. The second kappa shape index (κ2) is 5.62. The quantitative estimate of drug-likeness (QED) is 0.627. The number of ketones is 3. The van der Waals surface area contributed by atoms with E-state index >= 15 is 0 Å². The van der Waals surface area contributed by atoms with E-state index in [1.807, 2.05) is 0 Å². The molecule has 0 spiro atoms. The van der Waals surface area contributed by atoms with E-state index in [-0.39, 0.29) is 36.6 Å². The first kappa shape index (κ1) is 12.0. The van der Waals surface area contributed by atoms with Gasteiger partial charge in [-0.3, -0.25) is 0 Å². The van der Waals surface area contributed by atoms with Crippen LogP contribution in [-0.2, 0) is 14.4 Å². The summed E-state index contributed by atoms with van der Waals surface area (Å²) in [7, 11) is 0. The van der Waals surface area contributed by atoms with E-state index in [4.69, 9.17) is 0 Å². The van der Waals surface area contributed by atoms with Gasteiger partial charge in [0.05, 0.1) is 0 Å². The lowest BCUT2D eigenvalue weighted by Gasteiger charge is -2.10. The van der Waals surface area contributed by atoms with Crippen LogP contribution >= 0.6 is 0 Å². The lowest BCUT2D eigenvalue weighted by Crippen LogP contribution is -2.11. The van der Waals surface area contributed by atoms with E-state index in [0.717, 1.165) is 5.92 Å². The number of Topliss-reactive ketones (excluding diaryl/α,β-unsaturated/α-hetero) is 3. The number of carbonyl (C=O) groups is 3. The molecule has 0 saturated heterocycles. The van der Waals surface area contributed by atoms with Gasteiger partial charge < -0.3 is 14.4 Å². The van der Waals surface area contributed by atoms with E-state index in [0.29, 0.717) is 0 Å². The third-order valence-electron chi connectivity index (χ3n) is 1.50. The molecular weight excluding hydrogens is 168 g/mol. The molecule has 0 aromatic rings. The Hall–Kier alpha value is -0.990. The summed E-state index contributed by atoms with van der Waals surface area (Å²) in [5.74, 6) is 0.722. The van der Waals surface area contributed by atoms with Crippen LogP contribution in [0.4, 0.5) is 0 Å². The number of hydrogen-bond donors (Lipinski definition) is 0. The molecular formula is C10H15O3. The molecule has 1 radical (unpaired) electrons. The predicted molar refractivity (Wildman–Crippen MR) is 49.1 cm³/mol. The molecule has 0 rings (SSSR count). The first-order valence-electron chi connectivity index (χ1n) is 4.23. The molecule has 3 heteroatoms. The van der Waals surface area contributed by atoms with Crippen molar-refractivity contribution in [2.45, 2.75) is 40.0 Å². The van der Waals surface area contributed by atoms with Gasteiger partial charge in [0.2, 0.25) is 0 Å². The van der Waals surface area contributed by atoms with E-state index in [1.54, 1.807) is 0 Å². The molecule has 0 fully saturated rings. The topological polar surface area (TPSA) is 51.2 Å². The Morgan fingerprint density at radius 2 is 0.923 bits per heavy atom. The summed E-state index contributed by atoms with van der Waals surface area (Å²) in [6, 6.07) is 0. The Bertz CT molecular complexity index is 180. The van der Waals surface area contributed by atoms with Crippen LogP contribution in [-0.4, -0.2) is 17.3 Å². The van der Waals surface area contributed by atoms with E-state index in [1.165, 1.54) is 20.8 Å². The Balaban J connectivity index is 4.10. The van der Waals surface area contributed by atoms with Gasteiger partial charge in [0.1, 0.15) is 17.3 Å². The fourth-order valence-electron chi connectivity index (χ4n) is 1.24. The SMILES string of the molecule is CC(=O)C[C](CC(C)=O)CC(C)=O. The highest BCUT2D eigenvalue weighted by molar-refractivity contribution is 5.85. The average molecular weight is 183 g/mol. The molecule has 0 N–H and O–H groups in total. The van der Waals surface area contributed by atoms with Crippen LogP contribution in [0.25, 0.3) is 0 Å². The molecule has 0 bridgehead atoms. The number of carbonyl (C=O) groups excluding carboxylic acids is 3. The smallest absolute Gasteiger partial charge is 0.130 e. The van der Waals surface area contributed by atoms with Crippen LogP contribution < -0.4 is 0 Å². The minimum absolute atomic E-state index is 0.00231. The van der Waals surface area contributed by atoms with Gasteiger partial charge in [-0.15, -0.1) is 0 Å². The van der Waals surface area contributed by atoms with Crippen LogP contribution in [0, 0.1) is 5.92 Å². The van der Waals surface area contributed by atoms with Gasteiger partial charge in [-0.2, -0.15) is 0 Å². The highest BCUT2D eigenvalue weighted by Gasteiger charge is 2.16. The molecule has 0 aliphatic carbocycles. The second-order valence-corrected chi connectivity index (χ2v) is 3.39. The summed E-state index contributed by atoms with van der Waals surface area (Å²) in [6.07, 6.45) is 0.747. The lowest BCUT2D eigenvalue weighted by molar-refractivity contribution is -0.118. The summed E-state index contributed by atoms with van der Waals surface area (Å²) in [6.45, 7) is 4.38. The molecule has 0 saturated carbocycles. The zero-order valence-electron chi connectivity index (χ0n) is 8.35. The zero-order chi connectivity index (χ0) is 10.4. The van der Waals surface area contributed by atoms with Crippen molar-refractivity contribution < 1.29 is 14.4 Å².